The second kappa shape index (κ2) is 8.34. The molecule has 27 heavy (non-hydrogen) atoms. The first kappa shape index (κ1) is 19.6. The van der Waals surface area contributed by atoms with E-state index < -0.39 is 0 Å². The maximum absolute atomic E-state index is 12.3. The number of fused-ring (bicyclic) bond motifs is 4. The molecule has 0 aliphatic heterocycles. The predicted molar refractivity (Wildman–Crippen MR) is 110 cm³/mol. The topological polar surface area (TPSA) is 58.2 Å². The number of hydrogen-bond acceptors (Lipinski definition) is 3. The van der Waals surface area contributed by atoms with Crippen LogP contribution < -0.4 is 10.6 Å². The summed E-state index contributed by atoms with van der Waals surface area (Å²) in [5.74, 6) is 5.78. The third-order valence-corrected chi connectivity index (χ3v) is 9.05. The van der Waals surface area contributed by atoms with Crippen molar-refractivity contribution < 1.29 is 9.59 Å². The first-order valence-corrected chi connectivity index (χ1v) is 12.3. The quantitative estimate of drug-likeness (QED) is 0.663. The summed E-state index contributed by atoms with van der Waals surface area (Å²) in [5.41, 5.74) is 0. The number of carbonyl (C=O) groups excluding carboxylic acids is 2. The van der Waals surface area contributed by atoms with Gasteiger partial charge in [0.15, 0.2) is 0 Å². The minimum Gasteiger partial charge on any atom is -0.353 e. The van der Waals surface area contributed by atoms with Gasteiger partial charge in [-0.1, -0.05) is 12.8 Å². The fraction of sp³-hybridized carbons (Fsp3) is 0.909. The van der Waals surface area contributed by atoms with Gasteiger partial charge in [-0.25, -0.2) is 0 Å². The van der Waals surface area contributed by atoms with Gasteiger partial charge in [-0.2, -0.15) is 0 Å². The van der Waals surface area contributed by atoms with Gasteiger partial charge in [0.25, 0.3) is 0 Å². The van der Waals surface area contributed by atoms with Gasteiger partial charge in [-0.15, -0.1) is 11.8 Å². The molecule has 152 valence electrons. The van der Waals surface area contributed by atoms with Crippen molar-refractivity contribution in [3.8, 4) is 0 Å². The summed E-state index contributed by atoms with van der Waals surface area (Å²) in [6.07, 6.45) is 10.8. The van der Waals surface area contributed by atoms with Gasteiger partial charge in [0.1, 0.15) is 0 Å². The van der Waals surface area contributed by atoms with Crippen LogP contribution in [-0.4, -0.2) is 35.4 Å². The van der Waals surface area contributed by atoms with Crippen LogP contribution in [0.4, 0.5) is 0 Å². The van der Waals surface area contributed by atoms with E-state index in [9.17, 15) is 9.59 Å². The van der Waals surface area contributed by atoms with Gasteiger partial charge < -0.3 is 10.6 Å². The zero-order valence-electron chi connectivity index (χ0n) is 16.9. The van der Waals surface area contributed by atoms with Gasteiger partial charge in [0.05, 0.1) is 11.5 Å². The van der Waals surface area contributed by atoms with E-state index >= 15 is 0 Å². The maximum atomic E-state index is 12.3. The average molecular weight is 393 g/mol. The zero-order chi connectivity index (χ0) is 19.0. The van der Waals surface area contributed by atoms with E-state index in [0.717, 1.165) is 23.7 Å². The van der Waals surface area contributed by atoms with E-state index in [-0.39, 0.29) is 23.9 Å². The molecule has 8 atom stereocenters. The summed E-state index contributed by atoms with van der Waals surface area (Å²) in [6, 6.07) is 0.556. The summed E-state index contributed by atoms with van der Waals surface area (Å²) < 4.78 is 0. The largest absolute Gasteiger partial charge is 0.353 e. The highest BCUT2D eigenvalue weighted by Gasteiger charge is 2.43. The number of thioether (sulfide) groups is 1. The third-order valence-electron chi connectivity index (χ3n) is 8.11. The van der Waals surface area contributed by atoms with E-state index in [1.165, 1.54) is 63.1 Å². The average Bonchev–Trinajstić information content (AvgIpc) is 3.41. The Kier molecular flexibility index (Phi) is 6.06. The lowest BCUT2D eigenvalue weighted by atomic mass is 9.84. The second-order valence-electron chi connectivity index (χ2n) is 9.88. The molecular formula is C22H36N2O2S. The van der Waals surface area contributed by atoms with Gasteiger partial charge >= 0.3 is 0 Å². The number of carbonyl (C=O) groups is 2. The summed E-state index contributed by atoms with van der Waals surface area (Å²) in [5, 5.41) is 6.39. The molecule has 4 bridgehead atoms. The molecule has 4 fully saturated rings. The zero-order valence-corrected chi connectivity index (χ0v) is 17.7. The van der Waals surface area contributed by atoms with Crippen LogP contribution in [0.3, 0.4) is 0 Å². The standard InChI is InChI=1S/C22H36N2O2S/c1-13(19-9-15-3-5-17(19)7-15)23-21(25)11-27-12-22(26)24-14(2)20-10-16-4-6-18(20)8-16/h13-20H,3-12H2,1-2H3,(H,23,25)(H,24,26). The van der Waals surface area contributed by atoms with Crippen molar-refractivity contribution >= 4 is 23.6 Å². The first-order valence-electron chi connectivity index (χ1n) is 11.2. The molecule has 4 nitrogen and oxygen atoms in total. The molecule has 2 N–H and O–H groups in total. The minimum atomic E-state index is 0.0872. The van der Waals surface area contributed by atoms with Crippen LogP contribution in [0, 0.1) is 35.5 Å². The Balaban J connectivity index is 1.11. The summed E-state index contributed by atoms with van der Waals surface area (Å²) in [7, 11) is 0. The van der Waals surface area contributed by atoms with Crippen LogP contribution in [0.5, 0.6) is 0 Å². The van der Waals surface area contributed by atoms with E-state index in [2.05, 4.69) is 24.5 Å². The smallest absolute Gasteiger partial charge is 0.230 e. The maximum Gasteiger partial charge on any atom is 0.230 e. The van der Waals surface area contributed by atoms with E-state index in [1.54, 1.807) is 0 Å². The van der Waals surface area contributed by atoms with Gasteiger partial charge in [0.2, 0.25) is 11.8 Å². The molecule has 0 radical (unpaired) electrons. The van der Waals surface area contributed by atoms with Crippen LogP contribution in [0.25, 0.3) is 0 Å². The lowest BCUT2D eigenvalue weighted by molar-refractivity contribution is -0.120. The Morgan fingerprint density at radius 1 is 0.778 bits per heavy atom. The van der Waals surface area contributed by atoms with Crippen molar-refractivity contribution in [3.05, 3.63) is 0 Å². The molecule has 0 heterocycles. The van der Waals surface area contributed by atoms with Crippen molar-refractivity contribution in [2.24, 2.45) is 35.5 Å². The monoisotopic (exact) mass is 392 g/mol. The molecule has 8 unspecified atom stereocenters. The molecular weight excluding hydrogens is 356 g/mol. The molecule has 0 aromatic carbocycles. The van der Waals surface area contributed by atoms with Crippen molar-refractivity contribution in [2.45, 2.75) is 77.3 Å². The molecule has 4 rings (SSSR count). The highest BCUT2D eigenvalue weighted by atomic mass is 32.2. The molecule has 4 saturated carbocycles. The molecule has 0 spiro atoms. The molecule has 5 heteroatoms. The normalized spacial score (nSPS) is 38.7. The minimum absolute atomic E-state index is 0.0872. The Bertz CT molecular complexity index is 521. The highest BCUT2D eigenvalue weighted by Crippen LogP contribution is 2.50. The highest BCUT2D eigenvalue weighted by molar-refractivity contribution is 8.00. The molecule has 0 aromatic rings. The van der Waals surface area contributed by atoms with Gasteiger partial charge in [-0.05, 0) is 87.9 Å². The predicted octanol–water partition coefficient (Wildman–Crippen LogP) is 3.60. The summed E-state index contributed by atoms with van der Waals surface area (Å²) in [6.45, 7) is 4.33. The van der Waals surface area contributed by atoms with Crippen LogP contribution in [0.2, 0.25) is 0 Å². The van der Waals surface area contributed by atoms with Crippen molar-refractivity contribution in [3.63, 3.8) is 0 Å². The molecule has 4 aliphatic rings. The lowest BCUT2D eigenvalue weighted by Gasteiger charge is -2.29. The Labute approximate surface area is 168 Å². The Morgan fingerprint density at radius 3 is 1.56 bits per heavy atom. The summed E-state index contributed by atoms with van der Waals surface area (Å²) in [4.78, 5) is 24.5. The lowest BCUT2D eigenvalue weighted by Crippen LogP contribution is -2.42. The second-order valence-corrected chi connectivity index (χ2v) is 10.9. The number of nitrogens with one attached hydrogen (secondary N) is 2. The number of amides is 2. The van der Waals surface area contributed by atoms with Crippen LogP contribution >= 0.6 is 11.8 Å². The van der Waals surface area contributed by atoms with Gasteiger partial charge in [0, 0.05) is 12.1 Å². The Morgan fingerprint density at radius 2 is 1.22 bits per heavy atom. The van der Waals surface area contributed by atoms with Gasteiger partial charge in [-0.3, -0.25) is 9.59 Å². The summed E-state index contributed by atoms with van der Waals surface area (Å²) >= 11 is 1.45. The Hall–Kier alpha value is -0.710. The van der Waals surface area contributed by atoms with Crippen molar-refractivity contribution in [1.29, 1.82) is 0 Å². The van der Waals surface area contributed by atoms with E-state index in [1.807, 2.05) is 0 Å². The molecule has 0 saturated heterocycles. The number of hydrogen-bond donors (Lipinski definition) is 2. The molecule has 4 aliphatic carbocycles. The fourth-order valence-corrected chi connectivity index (χ4v) is 7.49. The SMILES string of the molecule is CC(NC(=O)CSCC(=O)NC(C)C1CC2CCC1C2)C1CC2CCC1C2. The van der Waals surface area contributed by atoms with E-state index in [4.69, 9.17) is 0 Å². The van der Waals surface area contributed by atoms with E-state index in [0.29, 0.717) is 23.3 Å². The van der Waals surface area contributed by atoms with Crippen molar-refractivity contribution in [2.75, 3.05) is 11.5 Å². The molecule has 0 aromatic heterocycles. The van der Waals surface area contributed by atoms with Crippen LogP contribution in [0.1, 0.15) is 65.2 Å². The molecule has 2 amide bonds. The third kappa shape index (κ3) is 4.49. The first-order chi connectivity index (χ1) is 13.0. The van der Waals surface area contributed by atoms with Crippen LogP contribution in [0.15, 0.2) is 0 Å². The van der Waals surface area contributed by atoms with Crippen LogP contribution in [-0.2, 0) is 9.59 Å². The number of rotatable bonds is 8. The fourth-order valence-electron chi connectivity index (χ4n) is 6.85. The van der Waals surface area contributed by atoms with Crippen molar-refractivity contribution in [1.82, 2.24) is 10.6 Å².